The fraction of sp³-hybridized carbons (Fsp3) is 0.154. The Morgan fingerprint density at radius 3 is 2.60 bits per heavy atom. The van der Waals surface area contributed by atoms with Crippen molar-refractivity contribution in [2.45, 2.75) is 13.5 Å². The number of hydrogen-bond donors (Lipinski definition) is 3. The molecule has 0 fully saturated rings. The second-order valence-corrected chi connectivity index (χ2v) is 4.17. The maximum absolute atomic E-state index is 11.9. The molecular weight excluding hydrogens is 260 g/mol. The van der Waals surface area contributed by atoms with Crippen molar-refractivity contribution in [2.24, 2.45) is 10.9 Å². The molecule has 7 heteroatoms. The maximum atomic E-state index is 11.9. The second kappa shape index (κ2) is 5.87. The van der Waals surface area contributed by atoms with E-state index in [9.17, 15) is 4.79 Å². The van der Waals surface area contributed by atoms with E-state index in [1.165, 1.54) is 0 Å². The molecule has 0 saturated carbocycles. The minimum absolute atomic E-state index is 0.00460. The van der Waals surface area contributed by atoms with Gasteiger partial charge in [-0.15, -0.1) is 0 Å². The summed E-state index contributed by atoms with van der Waals surface area (Å²) in [5.41, 5.74) is 7.10. The number of carbonyl (C=O) groups excluding carboxylic acids is 1. The van der Waals surface area contributed by atoms with Crippen LogP contribution in [-0.4, -0.2) is 22.1 Å². The number of aromatic nitrogens is 1. The lowest BCUT2D eigenvalue weighted by atomic mass is 10.1. The summed E-state index contributed by atoms with van der Waals surface area (Å²) in [6.45, 7) is 2.07. The van der Waals surface area contributed by atoms with E-state index >= 15 is 0 Å². The average molecular weight is 274 g/mol. The van der Waals surface area contributed by atoms with Gasteiger partial charge in [-0.25, -0.2) is 0 Å². The predicted octanol–water partition coefficient (Wildman–Crippen LogP) is 1.01. The van der Waals surface area contributed by atoms with E-state index in [2.05, 4.69) is 15.6 Å². The molecule has 0 atom stereocenters. The van der Waals surface area contributed by atoms with Crippen molar-refractivity contribution >= 4 is 11.7 Å². The highest BCUT2D eigenvalue weighted by molar-refractivity contribution is 5.99. The molecule has 20 heavy (non-hydrogen) atoms. The molecule has 2 aromatic rings. The van der Waals surface area contributed by atoms with E-state index < -0.39 is 0 Å². The molecule has 0 bridgehead atoms. The summed E-state index contributed by atoms with van der Waals surface area (Å²) in [6.07, 6.45) is 0. The van der Waals surface area contributed by atoms with Crippen LogP contribution < -0.4 is 11.1 Å². The number of nitrogens with two attached hydrogens (primary N) is 1. The first-order chi connectivity index (χ1) is 9.60. The summed E-state index contributed by atoms with van der Waals surface area (Å²) in [5, 5.41) is 17.9. The molecule has 0 aliphatic rings. The Morgan fingerprint density at radius 1 is 1.40 bits per heavy atom. The summed E-state index contributed by atoms with van der Waals surface area (Å²) >= 11 is 0. The molecule has 7 nitrogen and oxygen atoms in total. The third-order valence-electron chi connectivity index (χ3n) is 2.66. The Bertz CT molecular complexity index is 631. The highest BCUT2D eigenvalue weighted by Crippen LogP contribution is 2.05. The third-order valence-corrected chi connectivity index (χ3v) is 2.66. The molecule has 0 aliphatic heterocycles. The standard InChI is InChI=1S/C13H14N4O3/c1-8-6-11(17-20-8)7-15-13(18)10-4-2-9(3-5-10)12(14)16-19/h2-6,19H,7H2,1H3,(H2,14,16)(H,15,18). The molecule has 1 amide bonds. The molecule has 1 aromatic heterocycles. The van der Waals surface area contributed by atoms with Crippen LogP contribution in [0.15, 0.2) is 40.0 Å². The van der Waals surface area contributed by atoms with Crippen molar-refractivity contribution in [1.82, 2.24) is 10.5 Å². The topological polar surface area (TPSA) is 114 Å². The number of rotatable bonds is 4. The van der Waals surface area contributed by atoms with Crippen molar-refractivity contribution in [1.29, 1.82) is 0 Å². The lowest BCUT2D eigenvalue weighted by Crippen LogP contribution is -2.23. The van der Waals surface area contributed by atoms with Crippen molar-refractivity contribution in [3.05, 3.63) is 52.9 Å². The number of carbonyl (C=O) groups is 1. The fourth-order valence-electron chi connectivity index (χ4n) is 1.62. The highest BCUT2D eigenvalue weighted by Gasteiger charge is 2.08. The number of nitrogens with one attached hydrogen (secondary N) is 1. The monoisotopic (exact) mass is 274 g/mol. The number of aryl methyl sites for hydroxylation is 1. The minimum Gasteiger partial charge on any atom is -0.409 e. The lowest BCUT2D eigenvalue weighted by molar-refractivity contribution is 0.0950. The summed E-state index contributed by atoms with van der Waals surface area (Å²) in [6, 6.07) is 8.14. The molecule has 0 radical (unpaired) electrons. The van der Waals surface area contributed by atoms with Crippen LogP contribution in [0.25, 0.3) is 0 Å². The Morgan fingerprint density at radius 2 is 2.05 bits per heavy atom. The van der Waals surface area contributed by atoms with Gasteiger partial charge in [0.25, 0.3) is 5.91 Å². The van der Waals surface area contributed by atoms with Gasteiger partial charge in [-0.1, -0.05) is 22.4 Å². The first-order valence-electron chi connectivity index (χ1n) is 5.88. The Balaban J connectivity index is 1.99. The quantitative estimate of drug-likeness (QED) is 0.333. The van der Waals surface area contributed by atoms with E-state index in [0.29, 0.717) is 22.6 Å². The summed E-state index contributed by atoms with van der Waals surface area (Å²) in [4.78, 5) is 11.9. The van der Waals surface area contributed by atoms with Gasteiger partial charge in [-0.05, 0) is 19.1 Å². The van der Waals surface area contributed by atoms with Crippen LogP contribution in [-0.2, 0) is 6.54 Å². The van der Waals surface area contributed by atoms with E-state index in [0.717, 1.165) is 0 Å². The number of amides is 1. The molecule has 2 rings (SSSR count). The highest BCUT2D eigenvalue weighted by atomic mass is 16.5. The van der Waals surface area contributed by atoms with Crippen LogP contribution in [0, 0.1) is 6.92 Å². The number of hydrogen-bond acceptors (Lipinski definition) is 5. The third kappa shape index (κ3) is 3.14. The Kier molecular flexibility index (Phi) is 3.99. The van der Waals surface area contributed by atoms with Crippen LogP contribution in [0.3, 0.4) is 0 Å². The van der Waals surface area contributed by atoms with Crippen LogP contribution in [0.2, 0.25) is 0 Å². The van der Waals surface area contributed by atoms with Crippen LogP contribution in [0.1, 0.15) is 27.4 Å². The number of amidine groups is 1. The fourth-order valence-corrected chi connectivity index (χ4v) is 1.62. The van der Waals surface area contributed by atoms with Crippen molar-refractivity contribution in [3.63, 3.8) is 0 Å². The molecule has 0 aliphatic carbocycles. The van der Waals surface area contributed by atoms with Crippen LogP contribution in [0.4, 0.5) is 0 Å². The molecule has 1 aromatic carbocycles. The molecular formula is C13H14N4O3. The van der Waals surface area contributed by atoms with E-state index in [-0.39, 0.29) is 18.3 Å². The Hall–Kier alpha value is -2.83. The van der Waals surface area contributed by atoms with Gasteiger partial charge < -0.3 is 20.8 Å². The van der Waals surface area contributed by atoms with Gasteiger partial charge in [0.2, 0.25) is 0 Å². The van der Waals surface area contributed by atoms with Crippen LogP contribution >= 0.6 is 0 Å². The minimum atomic E-state index is -0.239. The summed E-state index contributed by atoms with van der Waals surface area (Å²) in [5.74, 6) is 0.448. The summed E-state index contributed by atoms with van der Waals surface area (Å²) < 4.78 is 4.90. The molecule has 0 spiro atoms. The normalized spacial score (nSPS) is 11.3. The van der Waals surface area contributed by atoms with Gasteiger partial charge in [-0.3, -0.25) is 4.79 Å². The van der Waals surface area contributed by atoms with E-state index in [1.807, 2.05) is 0 Å². The molecule has 4 N–H and O–H groups in total. The van der Waals surface area contributed by atoms with Gasteiger partial charge in [0.05, 0.1) is 6.54 Å². The van der Waals surface area contributed by atoms with Gasteiger partial charge in [0, 0.05) is 17.2 Å². The SMILES string of the molecule is Cc1cc(CNC(=O)c2ccc(C(N)=NO)cc2)no1. The predicted molar refractivity (Wildman–Crippen MR) is 71.4 cm³/mol. The largest absolute Gasteiger partial charge is 0.409 e. The van der Waals surface area contributed by atoms with Gasteiger partial charge in [-0.2, -0.15) is 0 Å². The summed E-state index contributed by atoms with van der Waals surface area (Å²) in [7, 11) is 0. The molecule has 1 heterocycles. The first-order valence-corrected chi connectivity index (χ1v) is 5.88. The van der Waals surface area contributed by atoms with Crippen molar-refractivity contribution in [2.75, 3.05) is 0 Å². The van der Waals surface area contributed by atoms with Gasteiger partial charge in [0.15, 0.2) is 5.84 Å². The smallest absolute Gasteiger partial charge is 0.251 e. The van der Waals surface area contributed by atoms with Crippen molar-refractivity contribution < 1.29 is 14.5 Å². The number of nitrogens with zero attached hydrogens (tertiary/aromatic N) is 2. The number of benzene rings is 1. The van der Waals surface area contributed by atoms with E-state index in [1.54, 1.807) is 37.3 Å². The number of oxime groups is 1. The van der Waals surface area contributed by atoms with Crippen molar-refractivity contribution in [3.8, 4) is 0 Å². The van der Waals surface area contributed by atoms with Crippen LogP contribution in [0.5, 0.6) is 0 Å². The first kappa shape index (κ1) is 13.6. The molecule has 104 valence electrons. The maximum Gasteiger partial charge on any atom is 0.251 e. The average Bonchev–Trinajstić information content (AvgIpc) is 2.89. The van der Waals surface area contributed by atoms with Gasteiger partial charge >= 0.3 is 0 Å². The zero-order valence-corrected chi connectivity index (χ0v) is 10.8. The lowest BCUT2D eigenvalue weighted by Gasteiger charge is -2.04. The zero-order chi connectivity index (χ0) is 14.5. The van der Waals surface area contributed by atoms with E-state index in [4.69, 9.17) is 15.5 Å². The molecule has 0 saturated heterocycles. The molecule has 0 unspecified atom stereocenters. The Labute approximate surface area is 115 Å². The van der Waals surface area contributed by atoms with Gasteiger partial charge in [0.1, 0.15) is 11.5 Å². The zero-order valence-electron chi connectivity index (χ0n) is 10.8. The second-order valence-electron chi connectivity index (χ2n) is 4.17.